The van der Waals surface area contributed by atoms with Crippen LogP contribution in [0.25, 0.3) is 0 Å². The third-order valence-electron chi connectivity index (χ3n) is 4.62. The summed E-state index contributed by atoms with van der Waals surface area (Å²) in [5.74, 6) is 1.08. The Morgan fingerprint density at radius 1 is 1.41 bits per heavy atom. The first-order valence-electron chi connectivity index (χ1n) is 7.85. The lowest BCUT2D eigenvalue weighted by atomic mass is 10.1. The Labute approximate surface area is 130 Å². The van der Waals surface area contributed by atoms with Gasteiger partial charge in [-0.15, -0.1) is 0 Å². The number of rotatable bonds is 5. The molecule has 1 saturated heterocycles. The number of hydrogen-bond acceptors (Lipinski definition) is 3. The van der Waals surface area contributed by atoms with Gasteiger partial charge in [0, 0.05) is 31.5 Å². The molecule has 2 aliphatic rings. The monoisotopic (exact) mass is 302 g/mol. The van der Waals surface area contributed by atoms with Gasteiger partial charge in [0.15, 0.2) is 0 Å². The number of para-hydroxylation sites is 1. The molecule has 1 saturated carbocycles. The molecule has 118 valence electrons. The van der Waals surface area contributed by atoms with E-state index < -0.39 is 0 Å². The SMILES string of the molecule is CCN1C[C@H](C(=O)N[C@@H]2C[C@H]2c2ccccc2OC)CC1=O. The molecule has 0 aromatic heterocycles. The molecule has 5 heteroatoms. The molecule has 1 aliphatic carbocycles. The Morgan fingerprint density at radius 2 is 2.18 bits per heavy atom. The summed E-state index contributed by atoms with van der Waals surface area (Å²) in [7, 11) is 1.66. The fourth-order valence-electron chi connectivity index (χ4n) is 3.22. The lowest BCUT2D eigenvalue weighted by Crippen LogP contribution is -2.34. The van der Waals surface area contributed by atoms with Crippen LogP contribution in [0.1, 0.15) is 31.2 Å². The summed E-state index contributed by atoms with van der Waals surface area (Å²) in [4.78, 5) is 25.8. The van der Waals surface area contributed by atoms with Crippen LogP contribution in [0.3, 0.4) is 0 Å². The van der Waals surface area contributed by atoms with Crippen molar-refractivity contribution in [2.45, 2.75) is 31.7 Å². The number of carbonyl (C=O) groups excluding carboxylic acids is 2. The van der Waals surface area contributed by atoms with Crippen molar-refractivity contribution in [2.24, 2.45) is 5.92 Å². The maximum absolute atomic E-state index is 12.3. The van der Waals surface area contributed by atoms with Crippen molar-refractivity contribution in [1.82, 2.24) is 10.2 Å². The van der Waals surface area contributed by atoms with Gasteiger partial charge in [0.1, 0.15) is 5.75 Å². The Bertz CT molecular complexity index is 587. The summed E-state index contributed by atoms with van der Waals surface area (Å²) in [5.41, 5.74) is 1.15. The predicted molar refractivity (Wildman–Crippen MR) is 82.6 cm³/mol. The minimum absolute atomic E-state index is 0.00620. The van der Waals surface area contributed by atoms with Gasteiger partial charge < -0.3 is 15.0 Å². The van der Waals surface area contributed by atoms with Crippen LogP contribution in [0, 0.1) is 5.92 Å². The maximum Gasteiger partial charge on any atom is 0.225 e. The van der Waals surface area contributed by atoms with Crippen LogP contribution < -0.4 is 10.1 Å². The van der Waals surface area contributed by atoms with Gasteiger partial charge in [0.05, 0.1) is 13.0 Å². The summed E-state index contributed by atoms with van der Waals surface area (Å²) in [5, 5.41) is 3.09. The summed E-state index contributed by atoms with van der Waals surface area (Å²) in [6.07, 6.45) is 1.27. The van der Waals surface area contributed by atoms with E-state index in [1.807, 2.05) is 31.2 Å². The number of methoxy groups -OCH3 is 1. The largest absolute Gasteiger partial charge is 0.496 e. The van der Waals surface area contributed by atoms with Gasteiger partial charge in [-0.1, -0.05) is 18.2 Å². The van der Waals surface area contributed by atoms with Crippen LogP contribution >= 0.6 is 0 Å². The molecule has 3 atom stereocenters. The number of likely N-dealkylation sites (tertiary alicyclic amines) is 1. The maximum atomic E-state index is 12.3. The molecule has 2 amide bonds. The molecule has 1 aliphatic heterocycles. The molecule has 0 radical (unpaired) electrons. The number of benzene rings is 1. The van der Waals surface area contributed by atoms with Gasteiger partial charge in [-0.05, 0) is 25.0 Å². The van der Waals surface area contributed by atoms with Crippen LogP contribution in [0.4, 0.5) is 0 Å². The zero-order chi connectivity index (χ0) is 15.7. The van der Waals surface area contributed by atoms with E-state index in [1.165, 1.54) is 0 Å². The highest BCUT2D eigenvalue weighted by Gasteiger charge is 2.43. The van der Waals surface area contributed by atoms with E-state index in [1.54, 1.807) is 12.0 Å². The van der Waals surface area contributed by atoms with Crippen molar-refractivity contribution in [3.05, 3.63) is 29.8 Å². The van der Waals surface area contributed by atoms with E-state index in [-0.39, 0.29) is 23.8 Å². The van der Waals surface area contributed by atoms with E-state index in [4.69, 9.17) is 4.74 Å². The van der Waals surface area contributed by atoms with Gasteiger partial charge >= 0.3 is 0 Å². The number of ether oxygens (including phenoxy) is 1. The second kappa shape index (κ2) is 5.99. The van der Waals surface area contributed by atoms with Gasteiger partial charge in [-0.2, -0.15) is 0 Å². The molecule has 0 spiro atoms. The Kier molecular flexibility index (Phi) is 4.05. The second-order valence-corrected chi connectivity index (χ2v) is 6.03. The average Bonchev–Trinajstić information content (AvgIpc) is 3.19. The number of hydrogen-bond donors (Lipinski definition) is 1. The second-order valence-electron chi connectivity index (χ2n) is 6.03. The molecule has 1 heterocycles. The number of nitrogens with zero attached hydrogens (tertiary/aromatic N) is 1. The summed E-state index contributed by atoms with van der Waals surface area (Å²) in [6, 6.07) is 8.09. The number of nitrogens with one attached hydrogen (secondary N) is 1. The number of carbonyl (C=O) groups is 2. The van der Waals surface area contributed by atoms with Crippen molar-refractivity contribution >= 4 is 11.8 Å². The fraction of sp³-hybridized carbons (Fsp3) is 0.529. The highest BCUT2D eigenvalue weighted by Crippen LogP contribution is 2.44. The van der Waals surface area contributed by atoms with Crippen molar-refractivity contribution in [1.29, 1.82) is 0 Å². The fourth-order valence-corrected chi connectivity index (χ4v) is 3.22. The smallest absolute Gasteiger partial charge is 0.225 e. The lowest BCUT2D eigenvalue weighted by molar-refractivity contribution is -0.128. The lowest BCUT2D eigenvalue weighted by Gasteiger charge is -2.14. The number of amides is 2. The summed E-state index contributed by atoms with van der Waals surface area (Å²) < 4.78 is 5.38. The zero-order valence-electron chi connectivity index (χ0n) is 13.0. The average molecular weight is 302 g/mol. The van der Waals surface area contributed by atoms with Crippen LogP contribution in [-0.2, 0) is 9.59 Å². The first-order chi connectivity index (χ1) is 10.6. The van der Waals surface area contributed by atoms with Crippen molar-refractivity contribution < 1.29 is 14.3 Å². The molecular weight excluding hydrogens is 280 g/mol. The van der Waals surface area contributed by atoms with E-state index >= 15 is 0 Å². The quantitative estimate of drug-likeness (QED) is 0.897. The molecule has 22 heavy (non-hydrogen) atoms. The van der Waals surface area contributed by atoms with Crippen molar-refractivity contribution in [3.8, 4) is 5.75 Å². The van der Waals surface area contributed by atoms with Crippen LogP contribution in [-0.4, -0.2) is 43.0 Å². The van der Waals surface area contributed by atoms with Crippen molar-refractivity contribution in [2.75, 3.05) is 20.2 Å². The van der Waals surface area contributed by atoms with Gasteiger partial charge in [0.25, 0.3) is 0 Å². The molecule has 1 aromatic rings. The van der Waals surface area contributed by atoms with Gasteiger partial charge in [-0.25, -0.2) is 0 Å². The highest BCUT2D eigenvalue weighted by molar-refractivity contribution is 5.89. The Hall–Kier alpha value is -2.04. The predicted octanol–water partition coefficient (Wildman–Crippen LogP) is 1.54. The zero-order valence-corrected chi connectivity index (χ0v) is 13.0. The Morgan fingerprint density at radius 3 is 2.86 bits per heavy atom. The third kappa shape index (κ3) is 2.80. The molecule has 2 fully saturated rings. The van der Waals surface area contributed by atoms with Gasteiger partial charge in [0.2, 0.25) is 11.8 Å². The van der Waals surface area contributed by atoms with E-state index in [2.05, 4.69) is 5.32 Å². The molecule has 3 rings (SSSR count). The molecule has 1 aromatic carbocycles. The minimum Gasteiger partial charge on any atom is -0.496 e. The normalized spacial score (nSPS) is 26.9. The van der Waals surface area contributed by atoms with E-state index in [0.29, 0.717) is 25.4 Å². The third-order valence-corrected chi connectivity index (χ3v) is 4.62. The minimum atomic E-state index is -0.202. The first kappa shape index (κ1) is 14.9. The van der Waals surface area contributed by atoms with Crippen LogP contribution in [0.5, 0.6) is 5.75 Å². The van der Waals surface area contributed by atoms with E-state index in [9.17, 15) is 9.59 Å². The molecule has 0 unspecified atom stereocenters. The van der Waals surface area contributed by atoms with Crippen LogP contribution in [0.15, 0.2) is 24.3 Å². The van der Waals surface area contributed by atoms with Crippen molar-refractivity contribution in [3.63, 3.8) is 0 Å². The first-order valence-corrected chi connectivity index (χ1v) is 7.85. The topological polar surface area (TPSA) is 58.6 Å². The Balaban J connectivity index is 1.58. The standard InChI is InChI=1S/C17H22N2O3/c1-3-19-10-11(8-16(19)20)17(21)18-14-9-13(14)12-6-4-5-7-15(12)22-2/h4-7,11,13-14H,3,8-10H2,1-2H3,(H,18,21)/t11-,13+,14-/m1/s1. The molecular formula is C17H22N2O3. The molecule has 0 bridgehead atoms. The summed E-state index contributed by atoms with van der Waals surface area (Å²) >= 11 is 0. The summed E-state index contributed by atoms with van der Waals surface area (Å²) in [6.45, 7) is 3.17. The van der Waals surface area contributed by atoms with E-state index in [0.717, 1.165) is 17.7 Å². The molecule has 5 nitrogen and oxygen atoms in total. The van der Waals surface area contributed by atoms with Gasteiger partial charge in [-0.3, -0.25) is 9.59 Å². The molecule has 1 N–H and O–H groups in total. The highest BCUT2D eigenvalue weighted by atomic mass is 16.5. The van der Waals surface area contributed by atoms with Crippen LogP contribution in [0.2, 0.25) is 0 Å².